The molecule has 0 aromatic carbocycles. The van der Waals surface area contributed by atoms with E-state index in [1.54, 1.807) is 6.08 Å². The molecule has 0 aliphatic carbocycles. The monoisotopic (exact) mass is 281 g/mol. The summed E-state index contributed by atoms with van der Waals surface area (Å²) in [5, 5.41) is 2.81. The molecule has 1 unspecified atom stereocenters. The van der Waals surface area contributed by atoms with Gasteiger partial charge in [0.15, 0.2) is 5.79 Å². The normalized spacial score (nSPS) is 21.9. The molecule has 1 fully saturated rings. The van der Waals surface area contributed by atoms with Crippen LogP contribution in [0.4, 0.5) is 0 Å². The molecule has 1 amide bonds. The topological polar surface area (TPSA) is 47.6 Å². The van der Waals surface area contributed by atoms with Crippen molar-refractivity contribution in [3.05, 3.63) is 24.3 Å². The maximum absolute atomic E-state index is 11.6. The molecule has 1 aliphatic rings. The van der Waals surface area contributed by atoms with Crippen molar-refractivity contribution in [1.29, 1.82) is 0 Å². The third-order valence-electron chi connectivity index (χ3n) is 3.04. The number of hydrogen-bond donors (Lipinski definition) is 1. The van der Waals surface area contributed by atoms with E-state index in [1.807, 2.05) is 19.9 Å². The van der Waals surface area contributed by atoms with E-state index in [-0.39, 0.29) is 12.0 Å². The highest BCUT2D eigenvalue weighted by Crippen LogP contribution is 2.21. The molecule has 0 radical (unpaired) electrons. The Hall–Kier alpha value is -1.13. The van der Waals surface area contributed by atoms with Crippen molar-refractivity contribution in [3.8, 4) is 0 Å². The molecule has 1 saturated heterocycles. The Morgan fingerprint density at radius 1 is 1.35 bits per heavy atom. The van der Waals surface area contributed by atoms with Crippen LogP contribution < -0.4 is 5.32 Å². The molecule has 20 heavy (non-hydrogen) atoms. The van der Waals surface area contributed by atoms with Gasteiger partial charge in [0.1, 0.15) is 6.10 Å². The smallest absolute Gasteiger partial charge is 0.244 e. The molecule has 4 nitrogen and oxygen atoms in total. The van der Waals surface area contributed by atoms with Crippen molar-refractivity contribution >= 4 is 5.91 Å². The van der Waals surface area contributed by atoms with Crippen LogP contribution in [0.15, 0.2) is 24.3 Å². The fourth-order valence-corrected chi connectivity index (χ4v) is 1.97. The highest BCUT2D eigenvalue weighted by Gasteiger charge is 2.32. The molecule has 1 N–H and O–H groups in total. The summed E-state index contributed by atoms with van der Waals surface area (Å²) in [5.41, 5.74) is 0. The summed E-state index contributed by atoms with van der Waals surface area (Å²) in [7, 11) is 0. The van der Waals surface area contributed by atoms with Crippen LogP contribution in [-0.2, 0) is 14.3 Å². The van der Waals surface area contributed by atoms with Gasteiger partial charge >= 0.3 is 0 Å². The fraction of sp³-hybridized carbons (Fsp3) is 0.688. The summed E-state index contributed by atoms with van der Waals surface area (Å²) >= 11 is 0. The van der Waals surface area contributed by atoms with Crippen molar-refractivity contribution in [3.63, 3.8) is 0 Å². The zero-order valence-corrected chi connectivity index (χ0v) is 12.9. The summed E-state index contributed by atoms with van der Waals surface area (Å²) in [6.45, 7) is 6.94. The summed E-state index contributed by atoms with van der Waals surface area (Å²) in [6, 6.07) is 0. The molecule has 4 heteroatoms. The molecule has 0 aromatic rings. The maximum atomic E-state index is 11.6. The first-order valence-corrected chi connectivity index (χ1v) is 7.46. The van der Waals surface area contributed by atoms with Crippen LogP contribution in [0.1, 0.15) is 46.5 Å². The number of hydrogen-bond acceptors (Lipinski definition) is 3. The van der Waals surface area contributed by atoms with Crippen molar-refractivity contribution in [2.24, 2.45) is 0 Å². The van der Waals surface area contributed by atoms with Gasteiger partial charge in [0.05, 0.1) is 6.61 Å². The number of ether oxygens (including phenoxy) is 2. The summed E-state index contributed by atoms with van der Waals surface area (Å²) in [4.78, 5) is 11.6. The molecule has 1 heterocycles. The number of carbonyl (C=O) groups is 1. The van der Waals surface area contributed by atoms with Gasteiger partial charge in [0, 0.05) is 12.6 Å². The van der Waals surface area contributed by atoms with Gasteiger partial charge in [-0.2, -0.15) is 0 Å². The summed E-state index contributed by atoms with van der Waals surface area (Å²) in [5.74, 6) is -0.636. The maximum Gasteiger partial charge on any atom is 0.244 e. The molecule has 0 saturated carbocycles. The number of unbranched alkanes of at least 4 members (excludes halogenated alkanes) is 3. The van der Waals surface area contributed by atoms with E-state index in [0.29, 0.717) is 13.2 Å². The van der Waals surface area contributed by atoms with Gasteiger partial charge in [-0.25, -0.2) is 0 Å². The van der Waals surface area contributed by atoms with Crippen LogP contribution in [0.3, 0.4) is 0 Å². The predicted octanol–water partition coefficient (Wildman–Crippen LogP) is 2.95. The van der Waals surface area contributed by atoms with E-state index >= 15 is 0 Å². The van der Waals surface area contributed by atoms with E-state index in [0.717, 1.165) is 6.42 Å². The van der Waals surface area contributed by atoms with Crippen molar-refractivity contribution in [2.45, 2.75) is 58.3 Å². The first-order chi connectivity index (χ1) is 9.53. The minimum absolute atomic E-state index is 0.0630. The van der Waals surface area contributed by atoms with Gasteiger partial charge in [-0.15, -0.1) is 0 Å². The second kappa shape index (κ2) is 8.93. The number of carbonyl (C=O) groups excluding carboxylic acids is 1. The van der Waals surface area contributed by atoms with Crippen LogP contribution in [0.2, 0.25) is 0 Å². The van der Waals surface area contributed by atoms with E-state index < -0.39 is 5.79 Å². The fourth-order valence-electron chi connectivity index (χ4n) is 1.97. The van der Waals surface area contributed by atoms with Crippen LogP contribution in [0, 0.1) is 0 Å². The molecular weight excluding hydrogens is 254 g/mol. The first-order valence-electron chi connectivity index (χ1n) is 7.46. The minimum atomic E-state index is -0.535. The SMILES string of the molecule is CCCCCC=CC=CC(=O)NCC1COC(C)(C)O1. The second-order valence-electron chi connectivity index (χ2n) is 5.48. The molecule has 1 rings (SSSR count). The number of nitrogens with one attached hydrogen (secondary N) is 1. The standard InChI is InChI=1S/C16H27NO3/c1-4-5-6-7-8-9-10-11-15(18)17-12-14-13-19-16(2,3)20-14/h8-11,14H,4-7,12-13H2,1-3H3,(H,17,18). The predicted molar refractivity (Wildman–Crippen MR) is 80.3 cm³/mol. The Morgan fingerprint density at radius 3 is 2.80 bits per heavy atom. The van der Waals surface area contributed by atoms with Gasteiger partial charge in [-0.05, 0) is 26.7 Å². The van der Waals surface area contributed by atoms with Crippen LogP contribution in [-0.4, -0.2) is 30.9 Å². The van der Waals surface area contributed by atoms with Crippen molar-refractivity contribution < 1.29 is 14.3 Å². The lowest BCUT2D eigenvalue weighted by Gasteiger charge is -2.17. The molecule has 1 aliphatic heterocycles. The largest absolute Gasteiger partial charge is 0.350 e. The molecule has 0 spiro atoms. The van der Waals surface area contributed by atoms with Gasteiger partial charge in [-0.3, -0.25) is 4.79 Å². The lowest BCUT2D eigenvalue weighted by Crippen LogP contribution is -2.33. The highest BCUT2D eigenvalue weighted by molar-refractivity contribution is 5.87. The van der Waals surface area contributed by atoms with Crippen molar-refractivity contribution in [2.75, 3.05) is 13.2 Å². The molecule has 0 aromatic heterocycles. The second-order valence-corrected chi connectivity index (χ2v) is 5.48. The third kappa shape index (κ3) is 7.46. The van der Waals surface area contributed by atoms with E-state index in [1.165, 1.54) is 25.3 Å². The highest BCUT2D eigenvalue weighted by atomic mass is 16.7. The van der Waals surface area contributed by atoms with Crippen LogP contribution >= 0.6 is 0 Å². The zero-order chi connectivity index (χ0) is 14.8. The Bertz CT molecular complexity index is 348. The Morgan fingerprint density at radius 2 is 2.15 bits per heavy atom. The summed E-state index contributed by atoms with van der Waals surface area (Å²) < 4.78 is 11.0. The zero-order valence-electron chi connectivity index (χ0n) is 12.9. The first kappa shape index (κ1) is 16.9. The Labute approximate surface area is 122 Å². The Kier molecular flexibility index (Phi) is 7.55. The number of amides is 1. The quantitative estimate of drug-likeness (QED) is 0.423. The average molecular weight is 281 g/mol. The van der Waals surface area contributed by atoms with E-state index in [2.05, 4.69) is 18.3 Å². The van der Waals surface area contributed by atoms with Gasteiger partial charge in [0.2, 0.25) is 5.91 Å². The van der Waals surface area contributed by atoms with Crippen molar-refractivity contribution in [1.82, 2.24) is 5.32 Å². The molecule has 114 valence electrons. The van der Waals surface area contributed by atoms with Crippen LogP contribution in [0.5, 0.6) is 0 Å². The minimum Gasteiger partial charge on any atom is -0.350 e. The van der Waals surface area contributed by atoms with Gasteiger partial charge in [-0.1, -0.05) is 38.0 Å². The molecule has 1 atom stereocenters. The molecular formula is C16H27NO3. The van der Waals surface area contributed by atoms with Crippen LogP contribution in [0.25, 0.3) is 0 Å². The van der Waals surface area contributed by atoms with Gasteiger partial charge in [0.25, 0.3) is 0 Å². The lowest BCUT2D eigenvalue weighted by molar-refractivity contribution is -0.139. The number of allylic oxidation sites excluding steroid dienone is 3. The lowest BCUT2D eigenvalue weighted by atomic mass is 10.2. The Balaban J connectivity index is 2.11. The number of rotatable bonds is 8. The summed E-state index contributed by atoms with van der Waals surface area (Å²) in [6.07, 6.45) is 12.0. The van der Waals surface area contributed by atoms with E-state index in [4.69, 9.17) is 9.47 Å². The molecule has 0 bridgehead atoms. The third-order valence-corrected chi connectivity index (χ3v) is 3.04. The van der Waals surface area contributed by atoms with E-state index in [9.17, 15) is 4.79 Å². The van der Waals surface area contributed by atoms with Gasteiger partial charge < -0.3 is 14.8 Å². The average Bonchev–Trinajstić information content (AvgIpc) is 2.75.